The highest BCUT2D eigenvalue weighted by atomic mass is 16.6. The molecule has 5 nitrogen and oxygen atoms in total. The molecule has 0 saturated heterocycles. The van der Waals surface area contributed by atoms with Crippen LogP contribution in [-0.2, 0) is 0 Å². The maximum atomic E-state index is 10.6. The first-order valence-corrected chi connectivity index (χ1v) is 4.90. The summed E-state index contributed by atoms with van der Waals surface area (Å²) in [6, 6.07) is 3.00. The average Bonchev–Trinajstić information content (AvgIpc) is 2.24. The molecular formula is C11H13N3O2. The van der Waals surface area contributed by atoms with Crippen LogP contribution in [0.5, 0.6) is 0 Å². The Labute approximate surface area is 94.0 Å². The van der Waals surface area contributed by atoms with Gasteiger partial charge < -0.3 is 5.32 Å². The molecular weight excluding hydrogens is 206 g/mol. The number of nitrogens with one attached hydrogen (secondary N) is 1. The first-order valence-electron chi connectivity index (χ1n) is 4.90. The molecule has 16 heavy (non-hydrogen) atoms. The maximum Gasteiger partial charge on any atom is 0.290 e. The second-order valence-electron chi connectivity index (χ2n) is 3.21. The molecule has 1 rings (SSSR count). The molecule has 1 N–H and O–H groups in total. The quantitative estimate of drug-likeness (QED) is 0.359. The van der Waals surface area contributed by atoms with E-state index in [9.17, 15) is 10.1 Å². The van der Waals surface area contributed by atoms with Crippen molar-refractivity contribution in [2.24, 2.45) is 0 Å². The molecule has 0 radical (unpaired) electrons. The molecule has 1 aromatic rings. The minimum Gasteiger partial charge on any atom is -0.319 e. The molecule has 0 bridgehead atoms. The van der Waals surface area contributed by atoms with E-state index in [-0.39, 0.29) is 5.69 Å². The van der Waals surface area contributed by atoms with E-state index in [2.05, 4.69) is 22.1 Å². The van der Waals surface area contributed by atoms with Gasteiger partial charge in [-0.1, -0.05) is 5.92 Å². The highest BCUT2D eigenvalue weighted by Crippen LogP contribution is 2.14. The number of nitrogens with zero attached hydrogens (tertiary/aromatic N) is 2. The SMILES string of the molecule is CNCCC#Cc1ccc([N+](=O)[O-])c(C)n1. The van der Waals surface area contributed by atoms with E-state index in [0.29, 0.717) is 11.4 Å². The van der Waals surface area contributed by atoms with Crippen LogP contribution in [-0.4, -0.2) is 23.5 Å². The highest BCUT2D eigenvalue weighted by Gasteiger charge is 2.10. The van der Waals surface area contributed by atoms with Crippen LogP contribution < -0.4 is 5.32 Å². The minimum absolute atomic E-state index is 0.0285. The van der Waals surface area contributed by atoms with Crippen LogP contribution in [0.4, 0.5) is 5.69 Å². The molecule has 0 spiro atoms. The molecule has 0 fully saturated rings. The highest BCUT2D eigenvalue weighted by molar-refractivity contribution is 5.39. The van der Waals surface area contributed by atoms with E-state index >= 15 is 0 Å². The van der Waals surface area contributed by atoms with Crippen LogP contribution in [0, 0.1) is 28.9 Å². The summed E-state index contributed by atoms with van der Waals surface area (Å²) in [5.74, 6) is 5.80. The number of aryl methyl sites for hydroxylation is 1. The molecule has 0 atom stereocenters. The first kappa shape index (κ1) is 12.1. The number of hydrogen-bond acceptors (Lipinski definition) is 4. The Morgan fingerprint density at radius 1 is 1.56 bits per heavy atom. The molecule has 84 valence electrons. The molecule has 0 saturated carbocycles. The van der Waals surface area contributed by atoms with Gasteiger partial charge in [0, 0.05) is 19.0 Å². The lowest BCUT2D eigenvalue weighted by molar-refractivity contribution is -0.385. The number of aromatic nitrogens is 1. The molecule has 0 amide bonds. The van der Waals surface area contributed by atoms with Gasteiger partial charge >= 0.3 is 0 Å². The molecule has 1 aromatic heterocycles. The number of hydrogen-bond donors (Lipinski definition) is 1. The standard InChI is InChI=1S/C11H13N3O2/c1-9-11(14(15)16)7-6-10(13-9)5-3-4-8-12-2/h6-7,12H,4,8H2,1-2H3. The summed E-state index contributed by atoms with van der Waals surface area (Å²) >= 11 is 0. The zero-order valence-electron chi connectivity index (χ0n) is 9.28. The summed E-state index contributed by atoms with van der Waals surface area (Å²) in [5, 5.41) is 13.5. The summed E-state index contributed by atoms with van der Waals surface area (Å²) in [7, 11) is 1.86. The Morgan fingerprint density at radius 2 is 2.31 bits per heavy atom. The Hall–Kier alpha value is -1.93. The third kappa shape index (κ3) is 3.33. The Kier molecular flexibility index (Phi) is 4.42. The van der Waals surface area contributed by atoms with Gasteiger partial charge in [-0.3, -0.25) is 10.1 Å². The van der Waals surface area contributed by atoms with Gasteiger partial charge in [0.05, 0.1) is 4.92 Å². The maximum absolute atomic E-state index is 10.6. The normalized spacial score (nSPS) is 9.38. The first-order chi connectivity index (χ1) is 7.65. The topological polar surface area (TPSA) is 68.1 Å². The zero-order chi connectivity index (χ0) is 12.0. The summed E-state index contributed by atoms with van der Waals surface area (Å²) in [6.45, 7) is 2.43. The van der Waals surface area contributed by atoms with Gasteiger partial charge in [-0.15, -0.1) is 0 Å². The number of nitro groups is 1. The van der Waals surface area contributed by atoms with Crippen LogP contribution >= 0.6 is 0 Å². The lowest BCUT2D eigenvalue weighted by Gasteiger charge is -1.96. The summed E-state index contributed by atoms with van der Waals surface area (Å²) in [6.07, 6.45) is 0.730. The number of pyridine rings is 1. The second kappa shape index (κ2) is 5.83. The van der Waals surface area contributed by atoms with Gasteiger partial charge in [-0.25, -0.2) is 4.98 Å². The predicted molar refractivity (Wildman–Crippen MR) is 61.1 cm³/mol. The van der Waals surface area contributed by atoms with Crippen molar-refractivity contribution < 1.29 is 4.92 Å². The molecule has 1 heterocycles. The van der Waals surface area contributed by atoms with Gasteiger partial charge in [0.25, 0.3) is 5.69 Å². The van der Waals surface area contributed by atoms with E-state index in [1.807, 2.05) is 7.05 Å². The van der Waals surface area contributed by atoms with E-state index in [4.69, 9.17) is 0 Å². The number of rotatable bonds is 3. The van der Waals surface area contributed by atoms with E-state index in [1.54, 1.807) is 13.0 Å². The smallest absolute Gasteiger partial charge is 0.290 e. The van der Waals surface area contributed by atoms with Gasteiger partial charge in [0.2, 0.25) is 0 Å². The second-order valence-corrected chi connectivity index (χ2v) is 3.21. The van der Waals surface area contributed by atoms with E-state index < -0.39 is 4.92 Å². The fourth-order valence-electron chi connectivity index (χ4n) is 1.16. The molecule has 0 unspecified atom stereocenters. The van der Waals surface area contributed by atoms with Gasteiger partial charge in [-0.05, 0) is 26.0 Å². The van der Waals surface area contributed by atoms with Crippen LogP contribution in [0.25, 0.3) is 0 Å². The third-order valence-corrected chi connectivity index (χ3v) is 1.97. The Morgan fingerprint density at radius 3 is 2.88 bits per heavy atom. The summed E-state index contributed by atoms with van der Waals surface area (Å²) in [5.41, 5.74) is 0.991. The zero-order valence-corrected chi connectivity index (χ0v) is 9.28. The van der Waals surface area contributed by atoms with Crippen molar-refractivity contribution in [1.82, 2.24) is 10.3 Å². The molecule has 0 aliphatic heterocycles. The van der Waals surface area contributed by atoms with Crippen LogP contribution in [0.2, 0.25) is 0 Å². The summed E-state index contributed by atoms with van der Waals surface area (Å²) < 4.78 is 0. The minimum atomic E-state index is -0.444. The van der Waals surface area contributed by atoms with Crippen molar-refractivity contribution in [2.75, 3.05) is 13.6 Å². The molecule has 0 aromatic carbocycles. The van der Waals surface area contributed by atoms with Crippen LogP contribution in [0.3, 0.4) is 0 Å². The van der Waals surface area contributed by atoms with Gasteiger partial charge in [0.15, 0.2) is 0 Å². The summed E-state index contributed by atoms with van der Waals surface area (Å²) in [4.78, 5) is 14.2. The lowest BCUT2D eigenvalue weighted by atomic mass is 10.2. The van der Waals surface area contributed by atoms with Crippen LogP contribution in [0.15, 0.2) is 12.1 Å². The third-order valence-electron chi connectivity index (χ3n) is 1.97. The fourth-order valence-corrected chi connectivity index (χ4v) is 1.16. The van der Waals surface area contributed by atoms with E-state index in [1.165, 1.54) is 6.07 Å². The Balaban J connectivity index is 2.80. The van der Waals surface area contributed by atoms with Crippen LogP contribution in [0.1, 0.15) is 17.8 Å². The van der Waals surface area contributed by atoms with Gasteiger partial charge in [0.1, 0.15) is 11.4 Å². The fraction of sp³-hybridized carbons (Fsp3) is 0.364. The van der Waals surface area contributed by atoms with E-state index in [0.717, 1.165) is 13.0 Å². The van der Waals surface area contributed by atoms with Crippen molar-refractivity contribution in [1.29, 1.82) is 0 Å². The largest absolute Gasteiger partial charge is 0.319 e. The molecule has 5 heteroatoms. The van der Waals surface area contributed by atoms with Crippen molar-refractivity contribution >= 4 is 5.69 Å². The lowest BCUT2D eigenvalue weighted by Crippen LogP contribution is -2.05. The predicted octanol–water partition coefficient (Wildman–Crippen LogP) is 1.26. The van der Waals surface area contributed by atoms with Gasteiger partial charge in [-0.2, -0.15) is 0 Å². The molecule has 0 aliphatic rings. The average molecular weight is 219 g/mol. The van der Waals surface area contributed by atoms with Crippen molar-refractivity contribution in [3.63, 3.8) is 0 Å². The van der Waals surface area contributed by atoms with Crippen molar-refractivity contribution in [3.8, 4) is 11.8 Å². The van der Waals surface area contributed by atoms with Crippen molar-refractivity contribution in [2.45, 2.75) is 13.3 Å². The van der Waals surface area contributed by atoms with Crippen molar-refractivity contribution in [3.05, 3.63) is 33.6 Å². The molecule has 0 aliphatic carbocycles. The Bertz CT molecular complexity index is 446. The monoisotopic (exact) mass is 219 g/mol.